The van der Waals surface area contributed by atoms with Crippen molar-refractivity contribution in [3.05, 3.63) is 71.3 Å². The zero-order chi connectivity index (χ0) is 21.4. The molecule has 2 fully saturated rings. The molecule has 4 heteroatoms. The fourth-order valence-electron chi connectivity index (χ4n) is 4.98. The van der Waals surface area contributed by atoms with Crippen LogP contribution in [0, 0.1) is 6.92 Å². The highest BCUT2D eigenvalue weighted by atomic mass is 16.6. The number of benzene rings is 2. The van der Waals surface area contributed by atoms with Crippen LogP contribution in [0.15, 0.2) is 54.6 Å². The summed E-state index contributed by atoms with van der Waals surface area (Å²) in [6.45, 7) is 11.4. The van der Waals surface area contributed by atoms with E-state index in [0.29, 0.717) is 6.04 Å². The summed E-state index contributed by atoms with van der Waals surface area (Å²) in [6, 6.07) is 19.9. The molecule has 0 unspecified atom stereocenters. The molecule has 4 nitrogen and oxygen atoms in total. The number of aryl methyl sites for hydroxylation is 1. The Morgan fingerprint density at radius 2 is 1.80 bits per heavy atom. The van der Waals surface area contributed by atoms with Crippen LogP contribution in [0.3, 0.4) is 0 Å². The summed E-state index contributed by atoms with van der Waals surface area (Å²) in [4.78, 5) is 17.5. The van der Waals surface area contributed by atoms with E-state index < -0.39 is 5.60 Å². The van der Waals surface area contributed by atoms with Crippen molar-refractivity contribution in [1.29, 1.82) is 0 Å². The van der Waals surface area contributed by atoms with E-state index in [1.807, 2.05) is 25.7 Å². The molecule has 160 valence electrons. The maximum atomic E-state index is 13.0. The predicted octanol–water partition coefficient (Wildman–Crippen LogP) is 5.15. The molecular weight excluding hydrogens is 372 g/mol. The minimum absolute atomic E-state index is 0.00482. The van der Waals surface area contributed by atoms with Crippen molar-refractivity contribution in [2.45, 2.75) is 64.1 Å². The van der Waals surface area contributed by atoms with Crippen LogP contribution in [-0.2, 0) is 16.7 Å². The Morgan fingerprint density at radius 3 is 2.47 bits per heavy atom. The van der Waals surface area contributed by atoms with Crippen molar-refractivity contribution < 1.29 is 9.53 Å². The molecule has 2 aliphatic rings. The first kappa shape index (κ1) is 20.9. The number of amides is 1. The van der Waals surface area contributed by atoms with Gasteiger partial charge in [-0.3, -0.25) is 4.90 Å². The second-order valence-electron chi connectivity index (χ2n) is 10.1. The summed E-state index contributed by atoms with van der Waals surface area (Å²) in [5.41, 5.74) is 3.49. The molecule has 2 saturated heterocycles. The molecule has 0 spiro atoms. The van der Waals surface area contributed by atoms with E-state index in [1.54, 1.807) is 0 Å². The first-order valence-corrected chi connectivity index (χ1v) is 11.1. The number of rotatable bonds is 3. The summed E-state index contributed by atoms with van der Waals surface area (Å²) in [7, 11) is 0. The number of piperidine rings is 2. The van der Waals surface area contributed by atoms with Crippen LogP contribution < -0.4 is 0 Å². The van der Waals surface area contributed by atoms with Gasteiger partial charge in [0, 0.05) is 31.1 Å². The van der Waals surface area contributed by atoms with Gasteiger partial charge in [-0.05, 0) is 58.2 Å². The zero-order valence-electron chi connectivity index (χ0n) is 18.7. The van der Waals surface area contributed by atoms with Gasteiger partial charge in [0.15, 0.2) is 0 Å². The van der Waals surface area contributed by atoms with E-state index in [4.69, 9.17) is 4.74 Å². The molecule has 4 rings (SSSR count). The lowest BCUT2D eigenvalue weighted by Gasteiger charge is -2.54. The maximum Gasteiger partial charge on any atom is 0.410 e. The normalized spacial score (nSPS) is 24.5. The molecule has 1 amide bonds. The van der Waals surface area contributed by atoms with E-state index in [9.17, 15) is 4.79 Å². The number of ether oxygens (including phenoxy) is 1. The fourth-order valence-corrected chi connectivity index (χ4v) is 4.98. The predicted molar refractivity (Wildman–Crippen MR) is 121 cm³/mol. The van der Waals surface area contributed by atoms with Crippen LogP contribution in [0.2, 0.25) is 0 Å². The topological polar surface area (TPSA) is 32.8 Å². The van der Waals surface area contributed by atoms with Gasteiger partial charge in [0.2, 0.25) is 0 Å². The van der Waals surface area contributed by atoms with Crippen LogP contribution in [0.5, 0.6) is 0 Å². The summed E-state index contributed by atoms with van der Waals surface area (Å²) < 4.78 is 5.76. The van der Waals surface area contributed by atoms with E-state index in [1.165, 1.54) is 16.7 Å². The Morgan fingerprint density at radius 1 is 1.10 bits per heavy atom. The molecule has 2 aliphatic heterocycles. The maximum absolute atomic E-state index is 13.0. The van der Waals surface area contributed by atoms with Gasteiger partial charge in [0.05, 0.1) is 0 Å². The number of carbonyl (C=O) groups is 1. The molecule has 2 heterocycles. The molecule has 0 N–H and O–H groups in total. The average Bonchev–Trinajstić information content (AvgIpc) is 2.71. The van der Waals surface area contributed by atoms with Crippen LogP contribution in [-0.4, -0.2) is 47.2 Å². The highest BCUT2D eigenvalue weighted by Crippen LogP contribution is 2.43. The smallest absolute Gasteiger partial charge is 0.410 e. The van der Waals surface area contributed by atoms with Crippen LogP contribution in [0.1, 0.15) is 50.3 Å². The number of hydrogen-bond donors (Lipinski definition) is 0. The van der Waals surface area contributed by atoms with Gasteiger partial charge in [-0.1, -0.05) is 60.2 Å². The van der Waals surface area contributed by atoms with Crippen molar-refractivity contribution in [2.24, 2.45) is 0 Å². The van der Waals surface area contributed by atoms with Crippen molar-refractivity contribution in [1.82, 2.24) is 9.80 Å². The number of fused-ring (bicyclic) bond motifs is 2. The molecule has 0 aliphatic carbocycles. The summed E-state index contributed by atoms with van der Waals surface area (Å²) >= 11 is 0. The number of nitrogens with zero attached hydrogens (tertiary/aromatic N) is 2. The van der Waals surface area contributed by atoms with Gasteiger partial charge >= 0.3 is 6.09 Å². The summed E-state index contributed by atoms with van der Waals surface area (Å²) in [5.74, 6) is 0. The second-order valence-corrected chi connectivity index (χ2v) is 10.1. The monoisotopic (exact) mass is 406 g/mol. The van der Waals surface area contributed by atoms with E-state index in [0.717, 1.165) is 39.0 Å². The van der Waals surface area contributed by atoms with Gasteiger partial charge in [0.1, 0.15) is 5.60 Å². The second kappa shape index (κ2) is 8.07. The Balaban J connectivity index is 1.59. The minimum atomic E-state index is -0.481. The molecule has 2 aromatic carbocycles. The molecule has 30 heavy (non-hydrogen) atoms. The largest absolute Gasteiger partial charge is 0.444 e. The highest BCUT2D eigenvalue weighted by molar-refractivity contribution is 5.68. The van der Waals surface area contributed by atoms with E-state index in [2.05, 4.69) is 66.4 Å². The number of likely N-dealkylation sites (tertiary alicyclic amines) is 2. The lowest BCUT2D eigenvalue weighted by Crippen LogP contribution is -2.62. The van der Waals surface area contributed by atoms with Crippen molar-refractivity contribution >= 4 is 6.09 Å². The lowest BCUT2D eigenvalue weighted by atomic mass is 9.67. The molecule has 2 atom stereocenters. The van der Waals surface area contributed by atoms with Crippen LogP contribution in [0.4, 0.5) is 4.79 Å². The van der Waals surface area contributed by atoms with Gasteiger partial charge < -0.3 is 9.64 Å². The standard InChI is InChI=1S/C26H34N2O2/c1-20-10-12-21(13-11-20)17-27-15-14-26(22-8-6-5-7-9-22)16-23(27)18-28(19-26)24(29)30-25(2,3)4/h5-13,23H,14-19H2,1-4H3/t23-,26-/m1/s1. The minimum Gasteiger partial charge on any atom is -0.444 e. The Hall–Kier alpha value is -2.33. The highest BCUT2D eigenvalue weighted by Gasteiger charge is 2.48. The first-order chi connectivity index (χ1) is 14.2. The lowest BCUT2D eigenvalue weighted by molar-refractivity contribution is -0.0258. The SMILES string of the molecule is Cc1ccc(CN2CC[C@@]3(c4ccccc4)C[C@@H]2CN(C(=O)OC(C)(C)C)C3)cc1. The van der Waals surface area contributed by atoms with Gasteiger partial charge in [0.25, 0.3) is 0 Å². The number of hydrogen-bond acceptors (Lipinski definition) is 3. The zero-order valence-corrected chi connectivity index (χ0v) is 18.7. The molecule has 0 radical (unpaired) electrons. The quantitative estimate of drug-likeness (QED) is 0.707. The van der Waals surface area contributed by atoms with Gasteiger partial charge in [-0.25, -0.2) is 4.79 Å². The van der Waals surface area contributed by atoms with E-state index >= 15 is 0 Å². The van der Waals surface area contributed by atoms with Crippen molar-refractivity contribution in [3.63, 3.8) is 0 Å². The molecular formula is C26H34N2O2. The molecule has 0 aromatic heterocycles. The third kappa shape index (κ3) is 4.54. The van der Waals surface area contributed by atoms with Crippen LogP contribution in [0.25, 0.3) is 0 Å². The Labute approximate surface area is 180 Å². The Bertz CT molecular complexity index is 872. The molecule has 2 aromatic rings. The molecule has 2 bridgehead atoms. The average molecular weight is 407 g/mol. The summed E-state index contributed by atoms with van der Waals surface area (Å²) in [5, 5.41) is 0. The first-order valence-electron chi connectivity index (χ1n) is 11.1. The molecule has 0 saturated carbocycles. The third-order valence-electron chi connectivity index (χ3n) is 6.49. The van der Waals surface area contributed by atoms with Gasteiger partial charge in [-0.15, -0.1) is 0 Å². The summed E-state index contributed by atoms with van der Waals surface area (Å²) in [6.07, 6.45) is 1.95. The number of carbonyl (C=O) groups excluding carboxylic acids is 1. The van der Waals surface area contributed by atoms with Crippen molar-refractivity contribution in [2.75, 3.05) is 19.6 Å². The van der Waals surface area contributed by atoms with Crippen LogP contribution >= 0.6 is 0 Å². The van der Waals surface area contributed by atoms with E-state index in [-0.39, 0.29) is 11.5 Å². The third-order valence-corrected chi connectivity index (χ3v) is 6.49. The fraction of sp³-hybridized carbons (Fsp3) is 0.500. The van der Waals surface area contributed by atoms with Gasteiger partial charge in [-0.2, -0.15) is 0 Å². The Kier molecular flexibility index (Phi) is 5.63. The van der Waals surface area contributed by atoms with Crippen molar-refractivity contribution in [3.8, 4) is 0 Å².